The van der Waals surface area contributed by atoms with Crippen molar-refractivity contribution in [3.63, 3.8) is 0 Å². The van der Waals surface area contributed by atoms with Crippen LogP contribution in [0, 0.1) is 17.3 Å². The summed E-state index contributed by atoms with van der Waals surface area (Å²) in [6.07, 6.45) is 5.78. The maximum absolute atomic E-state index is 14.0. The van der Waals surface area contributed by atoms with Gasteiger partial charge >= 0.3 is 6.09 Å². The summed E-state index contributed by atoms with van der Waals surface area (Å²) in [5, 5.41) is 2.83. The molecular formula is C31H42N4O6. The maximum atomic E-state index is 14.0. The lowest BCUT2D eigenvalue weighted by atomic mass is 9.85. The molecule has 2 aromatic rings. The molecule has 0 radical (unpaired) electrons. The molecule has 10 heteroatoms. The highest BCUT2D eigenvalue weighted by molar-refractivity contribution is 5.89. The molecule has 3 aliphatic rings. The van der Waals surface area contributed by atoms with Gasteiger partial charge in [0.1, 0.15) is 36.0 Å². The number of carbonyl (C=O) groups is 3. The molecule has 10 nitrogen and oxygen atoms in total. The van der Waals surface area contributed by atoms with E-state index in [2.05, 4.69) is 5.32 Å². The van der Waals surface area contributed by atoms with Gasteiger partial charge in [-0.05, 0) is 55.6 Å². The predicted octanol–water partition coefficient (Wildman–Crippen LogP) is 4.47. The number of methoxy groups -OCH3 is 1. The van der Waals surface area contributed by atoms with Crippen molar-refractivity contribution in [2.75, 3.05) is 13.7 Å². The summed E-state index contributed by atoms with van der Waals surface area (Å²) in [7, 11) is 1.61. The van der Waals surface area contributed by atoms with Gasteiger partial charge in [0.25, 0.3) is 0 Å². The van der Waals surface area contributed by atoms with Crippen molar-refractivity contribution in [2.45, 2.75) is 96.9 Å². The number of rotatable bonds is 3. The number of aryl methyl sites for hydroxylation is 1. The Labute approximate surface area is 241 Å². The van der Waals surface area contributed by atoms with Gasteiger partial charge in [-0.25, -0.2) is 14.8 Å². The smallest absolute Gasteiger partial charge is 0.408 e. The van der Waals surface area contributed by atoms with Crippen molar-refractivity contribution in [1.82, 2.24) is 20.2 Å². The molecule has 0 spiro atoms. The Morgan fingerprint density at radius 3 is 2.61 bits per heavy atom. The summed E-state index contributed by atoms with van der Waals surface area (Å²) in [6, 6.07) is 4.04. The number of hydrogen-bond donors (Lipinski definition) is 1. The van der Waals surface area contributed by atoms with Crippen molar-refractivity contribution in [2.24, 2.45) is 17.3 Å². The molecule has 41 heavy (non-hydrogen) atoms. The molecule has 222 valence electrons. The lowest BCUT2D eigenvalue weighted by molar-refractivity contribution is -0.139. The van der Waals surface area contributed by atoms with Gasteiger partial charge < -0.3 is 29.2 Å². The minimum absolute atomic E-state index is 0.115. The number of benzene rings is 1. The third-order valence-electron chi connectivity index (χ3n) is 8.70. The monoisotopic (exact) mass is 566 g/mol. The summed E-state index contributed by atoms with van der Waals surface area (Å²) in [5.74, 6) is 0.898. The molecular weight excluding hydrogens is 524 g/mol. The Morgan fingerprint density at radius 2 is 1.90 bits per heavy atom. The fourth-order valence-corrected chi connectivity index (χ4v) is 6.17. The molecule has 1 saturated heterocycles. The van der Waals surface area contributed by atoms with Crippen LogP contribution in [-0.2, 0) is 20.7 Å². The van der Waals surface area contributed by atoms with Gasteiger partial charge in [-0.15, -0.1) is 0 Å². The van der Waals surface area contributed by atoms with E-state index in [9.17, 15) is 14.4 Å². The quantitative estimate of drug-likeness (QED) is 0.541. The summed E-state index contributed by atoms with van der Waals surface area (Å²) < 4.78 is 17.7. The number of nitrogens with one attached hydrogen (secondary N) is 1. The zero-order valence-corrected chi connectivity index (χ0v) is 24.7. The number of alkyl carbamates (subject to hydrolysis) is 1. The average molecular weight is 567 g/mol. The van der Waals surface area contributed by atoms with Gasteiger partial charge in [0.15, 0.2) is 0 Å². The van der Waals surface area contributed by atoms with Gasteiger partial charge in [-0.2, -0.15) is 0 Å². The van der Waals surface area contributed by atoms with Crippen molar-refractivity contribution in [3.05, 3.63) is 23.9 Å². The number of fused-ring (bicyclic) bond motifs is 5. The van der Waals surface area contributed by atoms with E-state index in [-0.39, 0.29) is 24.5 Å². The lowest BCUT2D eigenvalue weighted by Crippen LogP contribution is -2.56. The highest BCUT2D eigenvalue weighted by Gasteiger charge is 2.49. The first kappa shape index (κ1) is 29.1. The van der Waals surface area contributed by atoms with E-state index in [4.69, 9.17) is 24.2 Å². The molecule has 1 aliphatic carbocycles. The van der Waals surface area contributed by atoms with E-state index in [0.29, 0.717) is 35.9 Å². The first-order valence-electron chi connectivity index (χ1n) is 14.9. The summed E-state index contributed by atoms with van der Waals surface area (Å²) in [6.45, 7) is 7.87. The number of aldehydes is 1. The molecule has 2 amide bonds. The number of hydrogen-bond acceptors (Lipinski definition) is 8. The van der Waals surface area contributed by atoms with Gasteiger partial charge in [-0.1, -0.05) is 40.5 Å². The first-order chi connectivity index (χ1) is 19.6. The van der Waals surface area contributed by atoms with Gasteiger partial charge in [0.05, 0.1) is 30.7 Å². The number of carbonyl (C=O) groups excluding carboxylic acids is 3. The number of amides is 2. The highest BCUT2D eigenvalue weighted by atomic mass is 16.6. The number of nitrogens with zero attached hydrogens (tertiary/aromatic N) is 3. The van der Waals surface area contributed by atoms with Crippen molar-refractivity contribution < 1.29 is 28.6 Å². The molecule has 2 aliphatic heterocycles. The molecule has 1 aromatic heterocycles. The van der Waals surface area contributed by atoms with Crippen molar-refractivity contribution >= 4 is 29.3 Å². The zero-order chi connectivity index (χ0) is 29.3. The van der Waals surface area contributed by atoms with Crippen LogP contribution in [0.3, 0.4) is 0 Å². The van der Waals surface area contributed by atoms with Crippen molar-refractivity contribution in [1.29, 1.82) is 0 Å². The Kier molecular flexibility index (Phi) is 8.38. The topological polar surface area (TPSA) is 120 Å². The second kappa shape index (κ2) is 11.8. The fourth-order valence-electron chi connectivity index (χ4n) is 6.17. The third kappa shape index (κ3) is 6.26. The van der Waals surface area contributed by atoms with Crippen LogP contribution < -0.4 is 14.8 Å². The van der Waals surface area contributed by atoms with Crippen LogP contribution in [-0.4, -0.2) is 71.1 Å². The van der Waals surface area contributed by atoms with E-state index < -0.39 is 29.7 Å². The minimum Gasteiger partial charge on any atom is -0.497 e. The van der Waals surface area contributed by atoms with Crippen LogP contribution in [0.2, 0.25) is 0 Å². The summed E-state index contributed by atoms with van der Waals surface area (Å²) in [5.41, 5.74) is 1.59. The third-order valence-corrected chi connectivity index (χ3v) is 8.70. The average Bonchev–Trinajstić information content (AvgIpc) is 3.57. The molecule has 1 saturated carbocycles. The van der Waals surface area contributed by atoms with Crippen LogP contribution in [0.4, 0.5) is 4.79 Å². The van der Waals surface area contributed by atoms with Crippen LogP contribution in [0.5, 0.6) is 11.6 Å². The van der Waals surface area contributed by atoms with Crippen molar-refractivity contribution in [3.8, 4) is 11.6 Å². The minimum atomic E-state index is -0.867. The Hall–Kier alpha value is -3.43. The lowest BCUT2D eigenvalue weighted by Gasteiger charge is -2.34. The van der Waals surface area contributed by atoms with Crippen LogP contribution in [0.25, 0.3) is 11.0 Å². The van der Waals surface area contributed by atoms with E-state index in [1.165, 1.54) is 0 Å². The molecule has 6 atom stereocenters. The largest absolute Gasteiger partial charge is 0.497 e. The van der Waals surface area contributed by atoms with Crippen LogP contribution in [0.15, 0.2) is 18.2 Å². The zero-order valence-electron chi connectivity index (χ0n) is 24.7. The summed E-state index contributed by atoms with van der Waals surface area (Å²) >= 11 is 0. The van der Waals surface area contributed by atoms with E-state index in [0.717, 1.165) is 49.6 Å². The number of ether oxygens (including phenoxy) is 3. The Balaban J connectivity index is 1.51. The molecule has 2 bridgehead atoms. The fraction of sp³-hybridized carbons (Fsp3) is 0.645. The van der Waals surface area contributed by atoms with E-state index in [1.54, 1.807) is 12.0 Å². The first-order valence-corrected chi connectivity index (χ1v) is 14.9. The van der Waals surface area contributed by atoms with E-state index >= 15 is 0 Å². The van der Waals surface area contributed by atoms with Crippen LogP contribution in [0.1, 0.15) is 71.9 Å². The predicted molar refractivity (Wildman–Crippen MR) is 153 cm³/mol. The standard InChI is InChI=1S/C31H42N4O6/c1-6-20-24(17-36)35-16-26(20)40-28-22(32-21-13-12-19(39-5)15-23(21)33-28)11-9-7-8-10-18-14-25(18)41-30(38)34-27(29(35)37)31(2,3)4/h12-13,15,17-18,20,24-27H,6-11,14,16H2,1-5H3,(H,34,38)/t18-,20+,24-,25-,26+,27-/m1/s1. The van der Waals surface area contributed by atoms with Gasteiger partial charge in [0, 0.05) is 12.0 Å². The molecule has 2 fully saturated rings. The van der Waals surface area contributed by atoms with Crippen LogP contribution >= 0.6 is 0 Å². The maximum Gasteiger partial charge on any atom is 0.408 e. The molecule has 0 unspecified atom stereocenters. The number of aromatic nitrogens is 2. The van der Waals surface area contributed by atoms with Gasteiger partial charge in [-0.3, -0.25) is 4.79 Å². The second-order valence-electron chi connectivity index (χ2n) is 12.7. The molecule has 1 aromatic carbocycles. The van der Waals surface area contributed by atoms with Gasteiger partial charge in [0.2, 0.25) is 11.8 Å². The second-order valence-corrected chi connectivity index (χ2v) is 12.7. The normalized spacial score (nSPS) is 29.2. The summed E-state index contributed by atoms with van der Waals surface area (Å²) in [4.78, 5) is 50.6. The van der Waals surface area contributed by atoms with E-state index in [1.807, 2.05) is 45.9 Å². The molecule has 1 N–H and O–H groups in total. The Morgan fingerprint density at radius 1 is 1.10 bits per heavy atom. The SMILES string of the molecule is CC[C@@H]1[C@@H]2CN(C(=O)[C@H](C(C)(C)C)NC(=O)O[C@@H]3C[C@H]3CCCCCc3nc4ccc(OC)cc4nc3O2)[C@@H]1C=O. The highest BCUT2D eigenvalue weighted by Crippen LogP contribution is 2.39. The Bertz CT molecular complexity index is 1290. The molecule has 3 heterocycles. The molecule has 5 rings (SSSR count).